The monoisotopic (exact) mass is 1320 g/mol. The van der Waals surface area contributed by atoms with Gasteiger partial charge in [-0.1, -0.05) is 18.2 Å². The van der Waals surface area contributed by atoms with Crippen LogP contribution in [0.1, 0.15) is 61.0 Å². The molecule has 0 saturated carbocycles. The van der Waals surface area contributed by atoms with Gasteiger partial charge in [0.25, 0.3) is 31.9 Å². The van der Waals surface area contributed by atoms with E-state index in [2.05, 4.69) is 91.9 Å². The molecule has 2 aliphatic heterocycles. The number of hydrazine groups is 2. The van der Waals surface area contributed by atoms with Crippen molar-refractivity contribution in [3.8, 4) is 35.7 Å². The molecular formula is C65H85N15O11S2+2. The topological polar surface area (TPSA) is 295 Å². The highest BCUT2D eigenvalue weighted by Crippen LogP contribution is 2.31. The summed E-state index contributed by atoms with van der Waals surface area (Å²) < 4.78 is 85.1. The first kappa shape index (κ1) is 69.8. The van der Waals surface area contributed by atoms with Crippen molar-refractivity contribution in [2.24, 2.45) is 0 Å². The highest BCUT2D eigenvalue weighted by atomic mass is 32.2. The predicted octanol–water partition coefficient (Wildman–Crippen LogP) is 3.83. The summed E-state index contributed by atoms with van der Waals surface area (Å²) in [5, 5.41) is 11.9. The molecule has 8 rings (SSSR count). The summed E-state index contributed by atoms with van der Waals surface area (Å²) in [5.74, 6) is 0.000826. The quantitative estimate of drug-likeness (QED) is 0.00900. The van der Waals surface area contributed by atoms with Crippen molar-refractivity contribution in [1.82, 2.24) is 42.1 Å². The molecule has 0 unspecified atom stereocenters. The molecule has 2 amide bonds. The van der Waals surface area contributed by atoms with E-state index in [9.17, 15) is 26.4 Å². The highest BCUT2D eigenvalue weighted by molar-refractivity contribution is 7.93. The van der Waals surface area contributed by atoms with E-state index < -0.39 is 31.5 Å². The number of aromatic nitrogens is 2. The fourth-order valence-electron chi connectivity index (χ4n) is 9.76. The standard InChI is InChI=1S/C65H83N15O11S2/c1-65(2,64(82)72-54-16-8-18-58(44-54)93(85,86)76-56-20-22-60(62(46-56)88-4)74-70-30-28-67-24-12-33-78-37-41-90-42-38-78)80-34-10-15-53(49-80)63(81)68-25-5-6-26-71-91-50-52-14-9-31-79(48-52)47-51-13-7-17-57(43-51)92(83,84)75-55-19-21-59(61(45-55)87-3)73-69-29-27-66-23-11-32-77-35-39-89-40-36-77/h7-10,13-22,31,34,43-46,48-49,66-67,69-71,73-76H,5-6,11-12,23-26,32-33,35-42,47,50H2,1-4H3/p+2. The van der Waals surface area contributed by atoms with E-state index in [4.69, 9.17) is 23.8 Å². The number of methoxy groups -OCH3 is 2. The molecule has 0 spiro atoms. The van der Waals surface area contributed by atoms with Crippen LogP contribution >= 0.6 is 0 Å². The molecule has 0 atom stereocenters. The molecule has 4 heterocycles. The van der Waals surface area contributed by atoms with E-state index in [-0.39, 0.29) is 33.7 Å². The van der Waals surface area contributed by atoms with Crippen molar-refractivity contribution in [1.29, 1.82) is 0 Å². The minimum absolute atomic E-state index is 0.0837. The van der Waals surface area contributed by atoms with Gasteiger partial charge in [-0.25, -0.2) is 26.9 Å². The summed E-state index contributed by atoms with van der Waals surface area (Å²) >= 11 is 0. The maximum absolute atomic E-state index is 13.8. The zero-order valence-corrected chi connectivity index (χ0v) is 54.6. The molecule has 2 fully saturated rings. The normalized spacial score (nSPS) is 13.5. The second-order valence-corrected chi connectivity index (χ2v) is 25.6. The summed E-state index contributed by atoms with van der Waals surface area (Å²) in [5.41, 5.74) is 17.3. The Morgan fingerprint density at radius 1 is 0.591 bits per heavy atom. The maximum atomic E-state index is 13.8. The van der Waals surface area contributed by atoms with E-state index >= 15 is 0 Å². The Balaban J connectivity index is 0.714. The zero-order chi connectivity index (χ0) is 65.7. The third-order valence-electron chi connectivity index (χ3n) is 15.0. The van der Waals surface area contributed by atoms with Crippen LogP contribution < -0.4 is 76.5 Å². The molecule has 28 heteroatoms. The number of hydrogen-bond donors (Lipinski definition) is 11. The molecule has 93 heavy (non-hydrogen) atoms. The number of carbonyl (C=O) groups is 2. The predicted molar refractivity (Wildman–Crippen MR) is 354 cm³/mol. The fourth-order valence-corrected chi connectivity index (χ4v) is 12.0. The molecule has 0 bridgehead atoms. The summed E-state index contributed by atoms with van der Waals surface area (Å²) in [6, 6.07) is 40.8. The average molecular weight is 1320 g/mol. The van der Waals surface area contributed by atoms with Gasteiger partial charge in [-0.2, -0.15) is 4.57 Å². The number of unbranched alkanes of at least 4 members (excludes halogenated alkanes) is 1. The number of ether oxygens (including phenoxy) is 4. The summed E-state index contributed by atoms with van der Waals surface area (Å²) in [6.45, 7) is 15.3. The minimum atomic E-state index is -4.12. The molecule has 4 aromatic carbocycles. The molecule has 2 saturated heterocycles. The van der Waals surface area contributed by atoms with Gasteiger partial charge in [0, 0.05) is 145 Å². The number of pyridine rings is 2. The van der Waals surface area contributed by atoms with Crippen molar-refractivity contribution >= 4 is 60.3 Å². The number of amides is 2. The van der Waals surface area contributed by atoms with Gasteiger partial charge in [-0.05, 0) is 92.4 Å². The average Bonchev–Trinajstić information content (AvgIpc) is 1.88. The van der Waals surface area contributed by atoms with Gasteiger partial charge < -0.3 is 40.2 Å². The Labute approximate surface area is 545 Å². The third-order valence-corrected chi connectivity index (χ3v) is 17.7. The first-order chi connectivity index (χ1) is 45.1. The Hall–Kier alpha value is -9.10. The lowest BCUT2D eigenvalue weighted by molar-refractivity contribution is -0.741. The van der Waals surface area contributed by atoms with Crippen LogP contribution in [0.4, 0.5) is 28.4 Å². The number of morpholine rings is 2. The van der Waals surface area contributed by atoms with Crippen molar-refractivity contribution in [2.75, 3.05) is 132 Å². The molecule has 11 N–H and O–H groups in total. The van der Waals surface area contributed by atoms with Crippen molar-refractivity contribution in [3.63, 3.8) is 0 Å². The van der Waals surface area contributed by atoms with E-state index in [1.165, 1.54) is 38.5 Å². The zero-order valence-electron chi connectivity index (χ0n) is 52.9. The lowest BCUT2D eigenvalue weighted by Gasteiger charge is -2.26. The smallest absolute Gasteiger partial charge is 0.295 e. The van der Waals surface area contributed by atoms with E-state index in [0.29, 0.717) is 66.6 Å². The molecule has 0 radical (unpaired) electrons. The van der Waals surface area contributed by atoms with Crippen LogP contribution in [0, 0.1) is 24.2 Å². The number of nitrogens with zero attached hydrogens (tertiary/aromatic N) is 4. The molecule has 26 nitrogen and oxygen atoms in total. The van der Waals surface area contributed by atoms with Crippen LogP contribution in [0.15, 0.2) is 144 Å². The largest absolute Gasteiger partial charge is 0.494 e. The molecule has 2 aliphatic rings. The second kappa shape index (κ2) is 35.6. The molecule has 496 valence electrons. The Kier molecular flexibility index (Phi) is 26.7. The molecule has 0 aliphatic carbocycles. The first-order valence-corrected chi connectivity index (χ1v) is 33.7. The first-order valence-electron chi connectivity index (χ1n) is 30.7. The van der Waals surface area contributed by atoms with Crippen LogP contribution in [-0.2, 0) is 57.8 Å². The number of sulfonamides is 2. The van der Waals surface area contributed by atoms with E-state index in [1.54, 1.807) is 97.5 Å². The molecule has 6 aromatic rings. The van der Waals surface area contributed by atoms with E-state index in [0.717, 1.165) is 103 Å². The summed E-state index contributed by atoms with van der Waals surface area (Å²) in [4.78, 5) is 37.7. The summed E-state index contributed by atoms with van der Waals surface area (Å²) in [7, 11) is -5.11. The van der Waals surface area contributed by atoms with Gasteiger partial charge in [0.1, 0.15) is 17.1 Å². The highest BCUT2D eigenvalue weighted by Gasteiger charge is 2.38. The number of benzene rings is 4. The van der Waals surface area contributed by atoms with Crippen LogP contribution in [-0.4, -0.2) is 145 Å². The van der Waals surface area contributed by atoms with Gasteiger partial charge >= 0.3 is 0 Å². The van der Waals surface area contributed by atoms with Gasteiger partial charge in [0.15, 0.2) is 31.3 Å². The number of carbonyl (C=O) groups excluding carboxylic acids is 2. The number of rotatable bonds is 34. The van der Waals surface area contributed by atoms with Crippen molar-refractivity contribution in [2.45, 2.75) is 68.0 Å². The van der Waals surface area contributed by atoms with Gasteiger partial charge in [0.2, 0.25) is 5.54 Å². The van der Waals surface area contributed by atoms with Crippen LogP contribution in [0.25, 0.3) is 0 Å². The van der Waals surface area contributed by atoms with E-state index in [1.807, 2.05) is 35.2 Å². The Bertz CT molecular complexity index is 3790. The lowest BCUT2D eigenvalue weighted by Crippen LogP contribution is -2.59. The number of anilines is 5. The van der Waals surface area contributed by atoms with Gasteiger partial charge in [-0.15, -0.1) is 0 Å². The number of hydrogen-bond acceptors (Lipinski definition) is 20. The fraction of sp³-hybridized carbons (Fsp3) is 0.385. The summed E-state index contributed by atoms with van der Waals surface area (Å²) in [6.07, 6.45) is 10.4. The Morgan fingerprint density at radius 3 is 1.75 bits per heavy atom. The van der Waals surface area contributed by atoms with Crippen molar-refractivity contribution in [3.05, 3.63) is 151 Å². The van der Waals surface area contributed by atoms with Crippen LogP contribution in [0.2, 0.25) is 0 Å². The maximum Gasteiger partial charge on any atom is 0.295 e. The lowest BCUT2D eigenvalue weighted by atomic mass is 10.0. The SMILES string of the molecule is COc1cc(NS(=O)(=O)c2cccc(C[n+]3cccc(CONCCCCNC(=O)c4ccc[n+](C(C)(C)C(=O)Nc5cccc(S(=O)(=O)Nc6ccc(NNC#CNCCCN7CCOCC7)c(OC)c6)c5)c4)c3)c2)ccc1NNC#CNCCCN1CCOCC1. The second-order valence-electron chi connectivity index (χ2n) is 22.2. The van der Waals surface area contributed by atoms with Crippen LogP contribution in [0.5, 0.6) is 11.5 Å². The van der Waals surface area contributed by atoms with Gasteiger partial charge in [0.05, 0.1) is 79.8 Å². The molecule has 2 aromatic heterocycles. The van der Waals surface area contributed by atoms with Gasteiger partial charge in [-0.3, -0.25) is 55.4 Å². The number of hydroxylamine groups is 1. The van der Waals surface area contributed by atoms with Crippen LogP contribution in [0.3, 0.4) is 0 Å². The number of nitrogens with one attached hydrogen (secondary N) is 11. The Morgan fingerprint density at radius 2 is 1.15 bits per heavy atom. The molecular weight excluding hydrogens is 1230 g/mol. The minimum Gasteiger partial charge on any atom is -0.494 e. The van der Waals surface area contributed by atoms with Crippen molar-refractivity contribution < 1.29 is 59.3 Å². The third kappa shape index (κ3) is 22.3.